The Labute approximate surface area is 133 Å². The van der Waals surface area contributed by atoms with Gasteiger partial charge < -0.3 is 4.98 Å². The Morgan fingerprint density at radius 2 is 1.58 bits per heavy atom. The monoisotopic (exact) mass is 336 g/mol. The van der Waals surface area contributed by atoms with Crippen LogP contribution < -0.4 is 5.56 Å². The molecular weight excluding hydrogens is 325 g/mol. The van der Waals surface area contributed by atoms with Crippen molar-refractivity contribution in [2.75, 3.05) is 0 Å². The Hall–Kier alpha value is -2.90. The summed E-state index contributed by atoms with van der Waals surface area (Å²) in [4.78, 5) is 39.4. The molecule has 24 heavy (non-hydrogen) atoms. The number of amides is 2. The summed E-state index contributed by atoms with van der Waals surface area (Å²) < 4.78 is 39.6. The van der Waals surface area contributed by atoms with E-state index >= 15 is 0 Å². The minimum absolute atomic E-state index is 0.0402. The number of aryl methyl sites for hydroxylation is 1. The second-order valence-electron chi connectivity index (χ2n) is 5.41. The van der Waals surface area contributed by atoms with E-state index < -0.39 is 41.2 Å². The first-order valence-corrected chi connectivity index (χ1v) is 6.95. The molecule has 1 aliphatic heterocycles. The number of aromatic nitrogens is 1. The van der Waals surface area contributed by atoms with Crippen LogP contribution >= 0.6 is 0 Å². The van der Waals surface area contributed by atoms with Crippen LogP contribution in [0.5, 0.6) is 0 Å². The number of nitrogens with one attached hydrogen (secondary N) is 1. The topological polar surface area (TPSA) is 70.2 Å². The third-order valence-electron chi connectivity index (χ3n) is 3.77. The van der Waals surface area contributed by atoms with Gasteiger partial charge in [0.05, 0.1) is 23.2 Å². The lowest BCUT2D eigenvalue weighted by molar-refractivity contribution is -0.138. The molecule has 0 bridgehead atoms. The predicted octanol–water partition coefficient (Wildman–Crippen LogP) is 2.50. The molecule has 8 heteroatoms. The normalized spacial score (nSPS) is 14.2. The fourth-order valence-corrected chi connectivity index (χ4v) is 2.67. The van der Waals surface area contributed by atoms with E-state index in [1.165, 1.54) is 19.1 Å². The van der Waals surface area contributed by atoms with Crippen molar-refractivity contribution in [2.45, 2.75) is 19.6 Å². The molecular formula is C16H11F3N2O3. The van der Waals surface area contributed by atoms with E-state index in [9.17, 15) is 27.6 Å². The lowest BCUT2D eigenvalue weighted by atomic mass is 10.1. The van der Waals surface area contributed by atoms with Gasteiger partial charge in [-0.05, 0) is 25.1 Å². The van der Waals surface area contributed by atoms with E-state index in [2.05, 4.69) is 4.98 Å². The number of benzene rings is 1. The largest absolute Gasteiger partial charge is 0.417 e. The molecule has 2 aromatic rings. The summed E-state index contributed by atoms with van der Waals surface area (Å²) in [6.07, 6.45) is -4.77. The van der Waals surface area contributed by atoms with Crippen LogP contribution in [-0.2, 0) is 12.7 Å². The molecule has 0 saturated carbocycles. The van der Waals surface area contributed by atoms with Crippen LogP contribution in [0.15, 0.2) is 35.1 Å². The number of aromatic amines is 1. The molecule has 2 heterocycles. The van der Waals surface area contributed by atoms with Gasteiger partial charge in [0.15, 0.2) is 0 Å². The van der Waals surface area contributed by atoms with Crippen LogP contribution in [0.3, 0.4) is 0 Å². The lowest BCUT2D eigenvalue weighted by Crippen LogP contribution is -2.34. The van der Waals surface area contributed by atoms with Gasteiger partial charge in [0.1, 0.15) is 0 Å². The van der Waals surface area contributed by atoms with Gasteiger partial charge in [-0.3, -0.25) is 19.3 Å². The number of nitrogens with zero attached hydrogens (tertiary/aromatic N) is 1. The van der Waals surface area contributed by atoms with Crippen molar-refractivity contribution in [1.82, 2.24) is 9.88 Å². The van der Waals surface area contributed by atoms with Crippen LogP contribution in [0.25, 0.3) is 0 Å². The second-order valence-corrected chi connectivity index (χ2v) is 5.41. The number of alkyl halides is 3. The Morgan fingerprint density at radius 1 is 1.04 bits per heavy atom. The number of rotatable bonds is 2. The molecule has 1 aromatic carbocycles. The molecule has 124 valence electrons. The summed E-state index contributed by atoms with van der Waals surface area (Å²) in [5, 5.41) is 0. The smallest absolute Gasteiger partial charge is 0.326 e. The van der Waals surface area contributed by atoms with Crippen LogP contribution in [-0.4, -0.2) is 21.7 Å². The Balaban J connectivity index is 2.07. The van der Waals surface area contributed by atoms with Crippen LogP contribution in [0.1, 0.15) is 37.5 Å². The van der Waals surface area contributed by atoms with Crippen molar-refractivity contribution >= 4 is 11.8 Å². The maximum absolute atomic E-state index is 13.2. The average Bonchev–Trinajstić information content (AvgIpc) is 2.74. The maximum atomic E-state index is 13.2. The summed E-state index contributed by atoms with van der Waals surface area (Å²) in [6.45, 7) is 0.583. The molecule has 0 aliphatic carbocycles. The van der Waals surface area contributed by atoms with E-state index in [0.717, 1.165) is 6.07 Å². The number of carbonyl (C=O) groups is 2. The van der Waals surface area contributed by atoms with Crippen molar-refractivity contribution in [1.29, 1.82) is 0 Å². The molecule has 5 nitrogen and oxygen atoms in total. The first-order valence-electron chi connectivity index (χ1n) is 6.95. The van der Waals surface area contributed by atoms with Crippen LogP contribution in [0.4, 0.5) is 13.2 Å². The maximum Gasteiger partial charge on any atom is 0.417 e. The zero-order valence-electron chi connectivity index (χ0n) is 12.4. The van der Waals surface area contributed by atoms with Crippen molar-refractivity contribution in [3.8, 4) is 0 Å². The molecule has 0 spiro atoms. The number of halogens is 3. The predicted molar refractivity (Wildman–Crippen MR) is 77.4 cm³/mol. The van der Waals surface area contributed by atoms with E-state index in [1.807, 2.05) is 0 Å². The van der Waals surface area contributed by atoms with E-state index in [0.29, 0.717) is 4.90 Å². The summed E-state index contributed by atoms with van der Waals surface area (Å²) in [7, 11) is 0. The first kappa shape index (κ1) is 16.0. The lowest BCUT2D eigenvalue weighted by Gasteiger charge is -2.17. The molecule has 1 aromatic heterocycles. The third kappa shape index (κ3) is 2.49. The first-order chi connectivity index (χ1) is 11.2. The standard InChI is InChI=1S/C16H11F3N2O3/c1-8-6-12(16(17,18)19)11(13(22)20-8)7-21-14(23)9-4-2-3-5-10(9)15(21)24/h2-6H,7H2,1H3,(H,20,22). The number of hydrogen-bond donors (Lipinski definition) is 1. The summed E-state index contributed by atoms with van der Waals surface area (Å²) in [5.41, 5.74) is -2.53. The molecule has 1 N–H and O–H groups in total. The van der Waals surface area contributed by atoms with Gasteiger partial charge in [0.25, 0.3) is 17.4 Å². The molecule has 2 amide bonds. The molecule has 0 unspecified atom stereocenters. The van der Waals surface area contributed by atoms with Gasteiger partial charge in [-0.2, -0.15) is 13.2 Å². The van der Waals surface area contributed by atoms with Crippen molar-refractivity contribution < 1.29 is 22.8 Å². The molecule has 0 saturated heterocycles. The van der Waals surface area contributed by atoms with Crippen molar-refractivity contribution in [3.63, 3.8) is 0 Å². The highest BCUT2D eigenvalue weighted by Gasteiger charge is 2.39. The van der Waals surface area contributed by atoms with Gasteiger partial charge in [-0.15, -0.1) is 0 Å². The zero-order valence-corrected chi connectivity index (χ0v) is 12.4. The number of pyridine rings is 1. The van der Waals surface area contributed by atoms with Crippen molar-refractivity contribution in [3.05, 3.63) is 68.6 Å². The second kappa shape index (κ2) is 5.33. The number of carbonyl (C=O) groups excluding carboxylic acids is 2. The SMILES string of the molecule is Cc1cc(C(F)(F)F)c(CN2C(=O)c3ccccc3C2=O)c(=O)[nH]1. The van der Waals surface area contributed by atoms with Gasteiger partial charge in [0.2, 0.25) is 0 Å². The average molecular weight is 336 g/mol. The third-order valence-corrected chi connectivity index (χ3v) is 3.77. The van der Waals surface area contributed by atoms with E-state index in [1.54, 1.807) is 12.1 Å². The van der Waals surface area contributed by atoms with Gasteiger partial charge in [0, 0.05) is 11.3 Å². The van der Waals surface area contributed by atoms with Gasteiger partial charge >= 0.3 is 6.18 Å². The van der Waals surface area contributed by atoms with Crippen LogP contribution in [0.2, 0.25) is 0 Å². The van der Waals surface area contributed by atoms with Gasteiger partial charge in [-0.25, -0.2) is 0 Å². The Kier molecular flexibility index (Phi) is 3.55. The number of imide groups is 1. The highest BCUT2D eigenvalue weighted by Crippen LogP contribution is 2.32. The van der Waals surface area contributed by atoms with E-state index in [4.69, 9.17) is 0 Å². The minimum Gasteiger partial charge on any atom is -0.326 e. The fraction of sp³-hybridized carbons (Fsp3) is 0.188. The minimum atomic E-state index is -4.77. The summed E-state index contributed by atoms with van der Waals surface area (Å²) in [6, 6.07) is 6.72. The fourth-order valence-electron chi connectivity index (χ4n) is 2.67. The molecule has 0 radical (unpaired) electrons. The highest BCUT2D eigenvalue weighted by molar-refractivity contribution is 6.21. The summed E-state index contributed by atoms with van der Waals surface area (Å²) >= 11 is 0. The van der Waals surface area contributed by atoms with E-state index in [-0.39, 0.29) is 16.8 Å². The Bertz CT molecular complexity index is 881. The number of H-pyrrole nitrogens is 1. The molecule has 0 atom stereocenters. The van der Waals surface area contributed by atoms with Gasteiger partial charge in [-0.1, -0.05) is 12.1 Å². The molecule has 1 aliphatic rings. The highest BCUT2D eigenvalue weighted by atomic mass is 19.4. The van der Waals surface area contributed by atoms with Crippen LogP contribution in [0, 0.1) is 6.92 Å². The zero-order chi connectivity index (χ0) is 17.6. The molecule has 0 fully saturated rings. The quantitative estimate of drug-likeness (QED) is 0.857. The molecule has 3 rings (SSSR count). The Morgan fingerprint density at radius 3 is 2.08 bits per heavy atom. The number of hydrogen-bond acceptors (Lipinski definition) is 3. The number of fused-ring (bicyclic) bond motifs is 1. The van der Waals surface area contributed by atoms with Crippen molar-refractivity contribution in [2.24, 2.45) is 0 Å². The summed E-state index contributed by atoms with van der Waals surface area (Å²) in [5.74, 6) is -1.44.